The zero-order valence-corrected chi connectivity index (χ0v) is 7.47. The molecule has 4 heteroatoms. The van der Waals surface area contributed by atoms with Crippen molar-refractivity contribution in [3.05, 3.63) is 17.3 Å². The molecule has 1 aromatic rings. The van der Waals surface area contributed by atoms with Gasteiger partial charge < -0.3 is 9.73 Å². The van der Waals surface area contributed by atoms with E-state index in [0.29, 0.717) is 11.1 Å². The molecule has 12 heavy (non-hydrogen) atoms. The molecule has 2 rings (SSSR count). The van der Waals surface area contributed by atoms with Gasteiger partial charge in [0.25, 0.3) is 0 Å². The van der Waals surface area contributed by atoms with Crippen molar-refractivity contribution in [2.24, 2.45) is 0 Å². The van der Waals surface area contributed by atoms with Crippen molar-refractivity contribution in [1.82, 2.24) is 10.3 Å². The Morgan fingerprint density at radius 2 is 2.58 bits per heavy atom. The van der Waals surface area contributed by atoms with Gasteiger partial charge in [-0.3, -0.25) is 0 Å². The van der Waals surface area contributed by atoms with Crippen LogP contribution in [0.4, 0.5) is 0 Å². The number of piperidine rings is 1. The van der Waals surface area contributed by atoms with E-state index in [9.17, 15) is 0 Å². The summed E-state index contributed by atoms with van der Waals surface area (Å²) in [7, 11) is 0. The normalized spacial score (nSPS) is 24.2. The van der Waals surface area contributed by atoms with Crippen molar-refractivity contribution in [1.29, 1.82) is 0 Å². The predicted molar refractivity (Wildman–Crippen MR) is 46.4 cm³/mol. The van der Waals surface area contributed by atoms with Crippen LogP contribution in [0.3, 0.4) is 0 Å². The minimum absolute atomic E-state index is 0.385. The van der Waals surface area contributed by atoms with Crippen LogP contribution in [0.5, 0.6) is 0 Å². The molecular formula is C8H11ClN2O. The van der Waals surface area contributed by atoms with Gasteiger partial charge in [0.2, 0.25) is 11.1 Å². The Bertz CT molecular complexity index is 255. The van der Waals surface area contributed by atoms with Gasteiger partial charge >= 0.3 is 0 Å². The van der Waals surface area contributed by atoms with E-state index in [2.05, 4.69) is 10.3 Å². The zero-order valence-electron chi connectivity index (χ0n) is 6.72. The van der Waals surface area contributed by atoms with Gasteiger partial charge in [-0.05, 0) is 31.0 Å². The molecule has 0 aliphatic carbocycles. The molecule has 0 spiro atoms. The molecule has 0 amide bonds. The summed E-state index contributed by atoms with van der Waals surface area (Å²) in [6, 6.07) is 0. The number of aromatic nitrogens is 1. The van der Waals surface area contributed by atoms with Crippen molar-refractivity contribution < 1.29 is 4.42 Å². The molecule has 1 fully saturated rings. The van der Waals surface area contributed by atoms with Crippen LogP contribution < -0.4 is 5.32 Å². The number of oxazole rings is 1. The fourth-order valence-electron chi connectivity index (χ4n) is 1.52. The highest BCUT2D eigenvalue weighted by Crippen LogP contribution is 2.23. The second-order valence-corrected chi connectivity index (χ2v) is 3.42. The topological polar surface area (TPSA) is 38.1 Å². The van der Waals surface area contributed by atoms with Crippen LogP contribution in [-0.4, -0.2) is 18.1 Å². The molecule has 1 unspecified atom stereocenters. The molecule has 2 heterocycles. The molecule has 1 atom stereocenters. The van der Waals surface area contributed by atoms with Gasteiger partial charge in [-0.2, -0.15) is 0 Å². The number of nitrogens with one attached hydrogen (secondary N) is 1. The molecular weight excluding hydrogens is 176 g/mol. The van der Waals surface area contributed by atoms with Crippen LogP contribution in [0.15, 0.2) is 10.6 Å². The van der Waals surface area contributed by atoms with Crippen LogP contribution in [0, 0.1) is 0 Å². The van der Waals surface area contributed by atoms with E-state index >= 15 is 0 Å². The average Bonchev–Trinajstić information content (AvgIpc) is 2.54. The number of rotatable bonds is 1. The lowest BCUT2D eigenvalue weighted by Crippen LogP contribution is -2.28. The maximum Gasteiger partial charge on any atom is 0.213 e. The SMILES string of the molecule is Clc1cnc(C2CCCNC2)o1. The largest absolute Gasteiger partial charge is 0.429 e. The van der Waals surface area contributed by atoms with Gasteiger partial charge in [-0.1, -0.05) is 0 Å². The van der Waals surface area contributed by atoms with E-state index in [0.717, 1.165) is 25.4 Å². The van der Waals surface area contributed by atoms with Gasteiger partial charge in [0.05, 0.1) is 6.20 Å². The highest BCUT2D eigenvalue weighted by Gasteiger charge is 2.19. The smallest absolute Gasteiger partial charge is 0.213 e. The van der Waals surface area contributed by atoms with Crippen molar-refractivity contribution in [3.8, 4) is 0 Å². The summed E-state index contributed by atoms with van der Waals surface area (Å²) in [6.07, 6.45) is 3.89. The molecule has 0 radical (unpaired) electrons. The summed E-state index contributed by atoms with van der Waals surface area (Å²) in [5, 5.41) is 3.68. The second-order valence-electron chi connectivity index (χ2n) is 3.05. The van der Waals surface area contributed by atoms with Crippen LogP contribution in [0.2, 0.25) is 5.22 Å². The first kappa shape index (κ1) is 8.08. The van der Waals surface area contributed by atoms with Gasteiger partial charge in [-0.15, -0.1) is 0 Å². The van der Waals surface area contributed by atoms with Crippen molar-refractivity contribution in [2.45, 2.75) is 18.8 Å². The molecule has 1 aliphatic heterocycles. The molecule has 0 saturated carbocycles. The molecule has 66 valence electrons. The number of halogens is 1. The van der Waals surface area contributed by atoms with Gasteiger partial charge in [0.1, 0.15) is 0 Å². The summed E-state index contributed by atoms with van der Waals surface area (Å²) in [6.45, 7) is 2.06. The van der Waals surface area contributed by atoms with Crippen LogP contribution in [-0.2, 0) is 0 Å². The summed E-state index contributed by atoms with van der Waals surface area (Å²) in [5.74, 6) is 1.18. The fraction of sp³-hybridized carbons (Fsp3) is 0.625. The molecule has 1 N–H and O–H groups in total. The fourth-order valence-corrected chi connectivity index (χ4v) is 1.65. The third-order valence-electron chi connectivity index (χ3n) is 2.14. The Labute approximate surface area is 76.1 Å². The Kier molecular flexibility index (Phi) is 2.33. The van der Waals surface area contributed by atoms with E-state index in [-0.39, 0.29) is 0 Å². The quantitative estimate of drug-likeness (QED) is 0.727. The molecule has 0 aromatic carbocycles. The summed E-state index contributed by atoms with van der Waals surface area (Å²) in [5.41, 5.74) is 0. The van der Waals surface area contributed by atoms with E-state index in [4.69, 9.17) is 16.0 Å². The standard InChI is InChI=1S/C8H11ClN2O/c9-7-5-11-8(12-7)6-2-1-3-10-4-6/h5-6,10H,1-4H2. The van der Waals surface area contributed by atoms with E-state index < -0.39 is 0 Å². The van der Waals surface area contributed by atoms with Crippen LogP contribution in [0.25, 0.3) is 0 Å². The number of hydrogen-bond acceptors (Lipinski definition) is 3. The van der Waals surface area contributed by atoms with Crippen LogP contribution in [0.1, 0.15) is 24.7 Å². The maximum atomic E-state index is 5.63. The third kappa shape index (κ3) is 1.62. The lowest BCUT2D eigenvalue weighted by molar-refractivity contribution is 0.377. The summed E-state index contributed by atoms with van der Waals surface area (Å²) in [4.78, 5) is 4.10. The first-order chi connectivity index (χ1) is 5.86. The molecule has 3 nitrogen and oxygen atoms in total. The van der Waals surface area contributed by atoms with E-state index in [1.807, 2.05) is 0 Å². The van der Waals surface area contributed by atoms with Crippen molar-refractivity contribution in [2.75, 3.05) is 13.1 Å². The Balaban J connectivity index is 2.08. The minimum Gasteiger partial charge on any atom is -0.429 e. The lowest BCUT2D eigenvalue weighted by atomic mass is 10.00. The van der Waals surface area contributed by atoms with Gasteiger partial charge in [-0.25, -0.2) is 4.98 Å². The third-order valence-corrected chi connectivity index (χ3v) is 2.32. The number of hydrogen-bond donors (Lipinski definition) is 1. The number of nitrogens with zero attached hydrogens (tertiary/aromatic N) is 1. The lowest BCUT2D eigenvalue weighted by Gasteiger charge is -2.19. The Morgan fingerprint density at radius 3 is 3.17 bits per heavy atom. The molecule has 1 aliphatic rings. The summed E-state index contributed by atoms with van der Waals surface area (Å²) < 4.78 is 5.24. The molecule has 1 aromatic heterocycles. The zero-order chi connectivity index (χ0) is 8.39. The van der Waals surface area contributed by atoms with Crippen molar-refractivity contribution >= 4 is 11.6 Å². The van der Waals surface area contributed by atoms with E-state index in [1.165, 1.54) is 6.42 Å². The first-order valence-electron chi connectivity index (χ1n) is 4.18. The summed E-state index contributed by atoms with van der Waals surface area (Å²) >= 11 is 5.63. The van der Waals surface area contributed by atoms with E-state index in [1.54, 1.807) is 6.20 Å². The minimum atomic E-state index is 0.385. The Hall–Kier alpha value is -0.540. The average molecular weight is 187 g/mol. The Morgan fingerprint density at radius 1 is 1.67 bits per heavy atom. The maximum absolute atomic E-state index is 5.63. The van der Waals surface area contributed by atoms with Gasteiger partial charge in [0, 0.05) is 12.5 Å². The molecule has 0 bridgehead atoms. The van der Waals surface area contributed by atoms with Crippen molar-refractivity contribution in [3.63, 3.8) is 0 Å². The predicted octanol–water partition coefficient (Wildman–Crippen LogP) is 1.79. The highest BCUT2D eigenvalue weighted by molar-refractivity contribution is 6.28. The van der Waals surface area contributed by atoms with Gasteiger partial charge in [0.15, 0.2) is 0 Å². The first-order valence-corrected chi connectivity index (χ1v) is 4.56. The van der Waals surface area contributed by atoms with Crippen LogP contribution >= 0.6 is 11.6 Å². The second kappa shape index (κ2) is 3.46. The molecule has 1 saturated heterocycles. The monoisotopic (exact) mass is 186 g/mol. The highest BCUT2D eigenvalue weighted by atomic mass is 35.5.